The molecular formula is C17H17F5O4. The fourth-order valence-electron chi connectivity index (χ4n) is 6.78. The average molecular weight is 380 g/mol. The molecule has 1 aliphatic heterocycles. The van der Waals surface area contributed by atoms with Crippen LogP contribution in [0.3, 0.4) is 0 Å². The van der Waals surface area contributed by atoms with E-state index in [1.54, 1.807) is 0 Å². The lowest BCUT2D eigenvalue weighted by molar-refractivity contribution is -0.415. The summed E-state index contributed by atoms with van der Waals surface area (Å²) in [6.45, 7) is 0.886. The summed E-state index contributed by atoms with van der Waals surface area (Å²) >= 11 is 0. The van der Waals surface area contributed by atoms with Crippen molar-refractivity contribution in [3.8, 4) is 0 Å². The number of hydrogen-bond donors (Lipinski definition) is 1. The van der Waals surface area contributed by atoms with Crippen molar-refractivity contribution in [2.45, 2.75) is 49.4 Å². The highest BCUT2D eigenvalue weighted by Gasteiger charge is 2.93. The number of hydrogen-bond acceptors (Lipinski definition) is 4. The summed E-state index contributed by atoms with van der Waals surface area (Å²) in [7, 11) is 0. The van der Waals surface area contributed by atoms with Gasteiger partial charge in [-0.05, 0) is 42.4 Å². The van der Waals surface area contributed by atoms with E-state index in [-0.39, 0.29) is 30.1 Å². The minimum absolute atomic E-state index is 0.0104. The zero-order valence-electron chi connectivity index (χ0n) is 13.7. The molecule has 0 radical (unpaired) electrons. The number of rotatable bonds is 1. The number of carbonyl (C=O) groups excluding carboxylic acids is 1. The number of ether oxygens (including phenoxy) is 2. The maximum Gasteiger partial charge on any atom is 0.449 e. The highest BCUT2D eigenvalue weighted by Crippen LogP contribution is 2.76. The Labute approximate surface area is 145 Å². The summed E-state index contributed by atoms with van der Waals surface area (Å²) in [5, 5.41) is 9.91. The third-order valence-corrected chi connectivity index (χ3v) is 7.34. The number of esters is 1. The number of allylic oxidation sites excluding steroid dienone is 2. The van der Waals surface area contributed by atoms with E-state index in [9.17, 15) is 23.1 Å². The molecule has 4 fully saturated rings. The van der Waals surface area contributed by atoms with E-state index >= 15 is 8.78 Å². The first-order valence-electron chi connectivity index (χ1n) is 8.68. The Hall–Kier alpha value is -1.22. The first-order valence-corrected chi connectivity index (χ1v) is 8.68. The minimum Gasteiger partial charge on any atom is -0.449 e. The fourth-order valence-corrected chi connectivity index (χ4v) is 6.78. The Balaban J connectivity index is 1.68. The van der Waals surface area contributed by atoms with Crippen molar-refractivity contribution in [2.24, 2.45) is 35.5 Å². The number of alkyl halides is 5. The minimum atomic E-state index is -5.72. The summed E-state index contributed by atoms with van der Waals surface area (Å²) in [6.07, 6.45) is -2.49. The predicted octanol–water partition coefficient (Wildman–Crippen LogP) is 2.66. The largest absolute Gasteiger partial charge is 0.449 e. The smallest absolute Gasteiger partial charge is 0.449 e. The van der Waals surface area contributed by atoms with Crippen LogP contribution in [0.25, 0.3) is 0 Å². The van der Waals surface area contributed by atoms with Crippen molar-refractivity contribution in [3.63, 3.8) is 0 Å². The van der Waals surface area contributed by atoms with Gasteiger partial charge in [-0.15, -0.1) is 0 Å². The van der Waals surface area contributed by atoms with Gasteiger partial charge in [0.05, 0.1) is 0 Å². The lowest BCUT2D eigenvalue weighted by Gasteiger charge is -2.47. The molecule has 9 unspecified atom stereocenters. The molecule has 3 saturated carbocycles. The summed E-state index contributed by atoms with van der Waals surface area (Å²) in [4.78, 5) is 11.6. The van der Waals surface area contributed by atoms with Gasteiger partial charge in [0, 0.05) is 12.8 Å². The van der Waals surface area contributed by atoms with Crippen molar-refractivity contribution in [3.05, 3.63) is 12.2 Å². The third-order valence-electron chi connectivity index (χ3n) is 7.34. The van der Waals surface area contributed by atoms with Gasteiger partial charge in [0.15, 0.2) is 0 Å². The zero-order chi connectivity index (χ0) is 18.9. The van der Waals surface area contributed by atoms with Crippen LogP contribution in [0.4, 0.5) is 22.0 Å². The van der Waals surface area contributed by atoms with Crippen LogP contribution >= 0.6 is 0 Å². The zero-order valence-corrected chi connectivity index (χ0v) is 13.7. The van der Waals surface area contributed by atoms with E-state index in [0.29, 0.717) is 0 Å². The maximum atomic E-state index is 15.2. The topological polar surface area (TPSA) is 55.8 Å². The first-order chi connectivity index (χ1) is 12.0. The summed E-state index contributed by atoms with van der Waals surface area (Å²) in [6, 6.07) is 0. The molecule has 0 amide bonds. The normalized spacial score (nSPS) is 55.3. The number of halogens is 5. The standard InChI is InChI=1S/C17H17F5O4/c1-6(23)25-14-10-5-9(11-7-2-3-8(4-7)12(10)11)13(14)26-16(24,15(14,18)19)17(20,21)22/h2-3,7-13,24H,4-5H2,1H3. The summed E-state index contributed by atoms with van der Waals surface area (Å²) < 4.78 is 80.3. The van der Waals surface area contributed by atoms with E-state index < -0.39 is 47.4 Å². The van der Waals surface area contributed by atoms with Crippen molar-refractivity contribution >= 4 is 5.97 Å². The number of carbonyl (C=O) groups is 1. The van der Waals surface area contributed by atoms with Crippen molar-refractivity contribution in [1.82, 2.24) is 0 Å². The second-order valence-electron chi connectivity index (χ2n) is 8.25. The monoisotopic (exact) mass is 380 g/mol. The van der Waals surface area contributed by atoms with Gasteiger partial charge in [0.1, 0.15) is 6.10 Å². The molecule has 26 heavy (non-hydrogen) atoms. The van der Waals surface area contributed by atoms with Gasteiger partial charge in [-0.1, -0.05) is 12.2 Å². The Morgan fingerprint density at radius 2 is 1.81 bits per heavy atom. The quantitative estimate of drug-likeness (QED) is 0.329. The van der Waals surface area contributed by atoms with Gasteiger partial charge in [-0.3, -0.25) is 4.79 Å². The molecule has 9 heteroatoms. The Bertz CT molecular complexity index is 720. The van der Waals surface area contributed by atoms with E-state index in [1.165, 1.54) is 0 Å². The van der Waals surface area contributed by atoms with Crippen LogP contribution in [0.1, 0.15) is 19.8 Å². The summed E-state index contributed by atoms with van der Waals surface area (Å²) in [5.41, 5.74) is -2.78. The molecule has 5 rings (SSSR count). The van der Waals surface area contributed by atoms with Gasteiger partial charge in [0.25, 0.3) is 0 Å². The number of aliphatic hydroxyl groups is 1. The molecule has 5 aliphatic rings. The van der Waals surface area contributed by atoms with E-state index in [0.717, 1.165) is 13.3 Å². The second kappa shape index (κ2) is 4.43. The Kier molecular flexibility index (Phi) is 2.88. The molecule has 4 aliphatic carbocycles. The molecular weight excluding hydrogens is 363 g/mol. The number of fused-ring (bicyclic) bond motifs is 12. The maximum absolute atomic E-state index is 15.2. The highest BCUT2D eigenvalue weighted by molar-refractivity contribution is 5.67. The summed E-state index contributed by atoms with van der Waals surface area (Å²) in [5.74, 6) is -12.4. The molecule has 4 nitrogen and oxygen atoms in total. The lowest BCUT2D eigenvalue weighted by atomic mass is 9.64. The van der Waals surface area contributed by atoms with E-state index in [1.807, 2.05) is 12.2 Å². The van der Waals surface area contributed by atoms with Gasteiger partial charge in [0.2, 0.25) is 5.60 Å². The van der Waals surface area contributed by atoms with Crippen LogP contribution in [-0.2, 0) is 14.3 Å². The van der Waals surface area contributed by atoms with Crippen LogP contribution < -0.4 is 0 Å². The highest BCUT2D eigenvalue weighted by atomic mass is 19.4. The Morgan fingerprint density at radius 3 is 2.38 bits per heavy atom. The average Bonchev–Trinajstić information content (AvgIpc) is 3.24. The van der Waals surface area contributed by atoms with E-state index in [2.05, 4.69) is 4.74 Å². The molecule has 1 saturated heterocycles. The molecule has 0 aromatic rings. The van der Waals surface area contributed by atoms with Crippen molar-refractivity contribution in [1.29, 1.82) is 0 Å². The van der Waals surface area contributed by atoms with Crippen molar-refractivity contribution in [2.75, 3.05) is 0 Å². The molecule has 144 valence electrons. The van der Waals surface area contributed by atoms with Crippen LogP contribution in [-0.4, -0.2) is 40.7 Å². The van der Waals surface area contributed by atoms with Gasteiger partial charge in [-0.2, -0.15) is 22.0 Å². The second-order valence-corrected chi connectivity index (χ2v) is 8.25. The van der Waals surface area contributed by atoms with Gasteiger partial charge in [-0.25, -0.2) is 0 Å². The third kappa shape index (κ3) is 1.50. The van der Waals surface area contributed by atoms with Crippen LogP contribution in [0.5, 0.6) is 0 Å². The molecule has 1 N–H and O–H groups in total. The van der Waals surface area contributed by atoms with Gasteiger partial charge >= 0.3 is 23.9 Å². The molecule has 0 aromatic heterocycles. The predicted molar refractivity (Wildman–Crippen MR) is 74.6 cm³/mol. The SMILES string of the molecule is CC(=O)OC12C3CC(C4C5C=CC(C5)C43)C1OC(O)(C(F)(F)F)C2(F)F. The first kappa shape index (κ1) is 16.9. The van der Waals surface area contributed by atoms with Crippen LogP contribution in [0.15, 0.2) is 12.2 Å². The van der Waals surface area contributed by atoms with Crippen molar-refractivity contribution < 1.29 is 41.3 Å². The molecule has 4 bridgehead atoms. The molecule has 1 heterocycles. The molecule has 0 aromatic carbocycles. The van der Waals surface area contributed by atoms with Crippen LogP contribution in [0.2, 0.25) is 0 Å². The van der Waals surface area contributed by atoms with Gasteiger partial charge < -0.3 is 14.6 Å². The molecule has 9 atom stereocenters. The van der Waals surface area contributed by atoms with E-state index in [4.69, 9.17) is 4.74 Å². The molecule has 0 spiro atoms. The Morgan fingerprint density at radius 1 is 1.19 bits per heavy atom. The fraction of sp³-hybridized carbons (Fsp3) is 0.824. The lowest BCUT2D eigenvalue weighted by Crippen LogP contribution is -2.68. The van der Waals surface area contributed by atoms with Crippen LogP contribution in [0, 0.1) is 35.5 Å².